The molecule has 2 aliphatic rings. The van der Waals surface area contributed by atoms with Crippen LogP contribution in [0.5, 0.6) is 0 Å². The second kappa shape index (κ2) is 12.3. The zero-order chi connectivity index (χ0) is 26.5. The van der Waals surface area contributed by atoms with Crippen LogP contribution >= 0.6 is 23.2 Å². The average Bonchev–Trinajstić information content (AvgIpc) is 3.22. The van der Waals surface area contributed by atoms with Gasteiger partial charge in [0.1, 0.15) is 15.7 Å². The summed E-state index contributed by atoms with van der Waals surface area (Å²) in [7, 11) is 0. The van der Waals surface area contributed by atoms with Gasteiger partial charge in [-0.3, -0.25) is 9.78 Å². The molecule has 2 fully saturated rings. The number of hydrogen-bond donors (Lipinski definition) is 2. The molecule has 0 unspecified atom stereocenters. The first kappa shape index (κ1) is 28.9. The van der Waals surface area contributed by atoms with Crippen LogP contribution in [0, 0.1) is 5.41 Å². The molecule has 36 heavy (non-hydrogen) atoms. The zero-order valence-corrected chi connectivity index (χ0v) is 23.6. The Morgan fingerprint density at radius 3 is 2.44 bits per heavy atom. The van der Waals surface area contributed by atoms with Crippen molar-refractivity contribution in [2.24, 2.45) is 5.41 Å². The van der Waals surface area contributed by atoms with Gasteiger partial charge in [-0.1, -0.05) is 36.5 Å². The maximum Gasteiger partial charge on any atom is 0.303 e. The molecule has 1 aliphatic carbocycles. The number of carbonyl (C=O) groups is 1. The number of nitrogens with one attached hydrogen (secondary N) is 1. The van der Waals surface area contributed by atoms with E-state index in [2.05, 4.69) is 24.6 Å². The van der Waals surface area contributed by atoms with Crippen LogP contribution in [0.1, 0.15) is 66.2 Å². The number of carboxylic acids is 1. The Balaban J connectivity index is 0.000000658. The van der Waals surface area contributed by atoms with Crippen LogP contribution in [0.2, 0.25) is 10.2 Å². The minimum Gasteiger partial charge on any atom is -0.598 e. The average molecular weight is 557 g/mol. The van der Waals surface area contributed by atoms with E-state index in [0.29, 0.717) is 16.8 Å². The molecule has 0 aromatic carbocycles. The molecule has 8 nitrogen and oxygen atoms in total. The second-order valence-electron chi connectivity index (χ2n) is 10.3. The molecule has 198 valence electrons. The Morgan fingerprint density at radius 2 is 1.89 bits per heavy atom. The molecule has 2 aromatic heterocycles. The fourth-order valence-electron chi connectivity index (χ4n) is 4.65. The maximum absolute atomic E-state index is 12.7. The predicted octanol–water partition coefficient (Wildman–Crippen LogP) is 5.52. The highest BCUT2D eigenvalue weighted by Gasteiger charge is 2.47. The summed E-state index contributed by atoms with van der Waals surface area (Å²) in [4.78, 5) is 24.8. The van der Waals surface area contributed by atoms with E-state index in [1.54, 1.807) is 31.6 Å². The molecule has 1 aliphatic heterocycles. The fourth-order valence-corrected chi connectivity index (χ4v) is 5.99. The molecule has 0 bridgehead atoms. The van der Waals surface area contributed by atoms with Gasteiger partial charge in [-0.05, 0) is 57.9 Å². The van der Waals surface area contributed by atoms with Crippen LogP contribution in [0.3, 0.4) is 0 Å². The number of hydrogen-bond acceptors (Lipinski definition) is 7. The lowest BCUT2D eigenvalue weighted by molar-refractivity contribution is -0.136. The molecule has 2 atom stereocenters. The van der Waals surface area contributed by atoms with E-state index >= 15 is 0 Å². The highest BCUT2D eigenvalue weighted by Crippen LogP contribution is 2.47. The molecule has 3 heterocycles. The lowest BCUT2D eigenvalue weighted by atomic mass is 9.74. The number of carboxylic acid groups (broad SMARTS) is 1. The van der Waals surface area contributed by atoms with Crippen LogP contribution in [0.25, 0.3) is 11.3 Å². The van der Waals surface area contributed by atoms with E-state index in [-0.39, 0.29) is 21.7 Å². The van der Waals surface area contributed by atoms with Gasteiger partial charge in [0, 0.05) is 42.6 Å². The number of aromatic nitrogens is 3. The lowest BCUT2D eigenvalue weighted by Crippen LogP contribution is -2.53. The minimum atomic E-state index is -1.03. The van der Waals surface area contributed by atoms with Crippen molar-refractivity contribution in [3.8, 4) is 11.3 Å². The van der Waals surface area contributed by atoms with Crippen LogP contribution in [0.4, 0.5) is 5.82 Å². The number of rotatable bonds is 5. The molecule has 1 saturated carbocycles. The topological polar surface area (TPSA) is 114 Å². The first-order valence-electron chi connectivity index (χ1n) is 12.2. The number of nitrogens with zero attached hydrogens (tertiary/aromatic N) is 4. The number of aliphatic carboxylic acids is 1. The van der Waals surface area contributed by atoms with E-state index in [0.717, 1.165) is 43.7 Å². The summed E-state index contributed by atoms with van der Waals surface area (Å²) < 4.78 is 15.9. The smallest absolute Gasteiger partial charge is 0.303 e. The van der Waals surface area contributed by atoms with Gasteiger partial charge in [0.15, 0.2) is 0 Å². The standard InChI is InChI=1S/C22H29Cl2N5OS.C3H6O2/c1-21(2,3)31(30)28-17-5-4-7-22(17)8-11-29(12-9-22)18-14-26-16(13-27-18)15-6-10-25-20(24)19(15)23;1-2-3(4)5/h6,10,13-14,17,28H,4-5,7-9,11-12H2,1-3H3;2H2,1H3,(H,4,5)/t17-,31+;/m1./s1. The fraction of sp³-hybridized carbons (Fsp3) is 0.600. The molecule has 4 rings (SSSR count). The van der Waals surface area contributed by atoms with Crippen molar-refractivity contribution in [2.45, 2.75) is 77.0 Å². The molecule has 11 heteroatoms. The van der Waals surface area contributed by atoms with E-state index < -0.39 is 17.3 Å². The number of halogens is 2. The first-order valence-corrected chi connectivity index (χ1v) is 14.1. The van der Waals surface area contributed by atoms with Crippen molar-refractivity contribution < 1.29 is 14.5 Å². The van der Waals surface area contributed by atoms with Crippen molar-refractivity contribution in [3.05, 3.63) is 34.8 Å². The van der Waals surface area contributed by atoms with Gasteiger partial charge in [0.2, 0.25) is 0 Å². The summed E-state index contributed by atoms with van der Waals surface area (Å²) in [6.07, 6.45) is 11.0. The van der Waals surface area contributed by atoms with Crippen LogP contribution in [-0.2, 0) is 16.2 Å². The third kappa shape index (κ3) is 7.01. The monoisotopic (exact) mass is 555 g/mol. The van der Waals surface area contributed by atoms with Crippen molar-refractivity contribution in [1.29, 1.82) is 0 Å². The molecular weight excluding hydrogens is 521 g/mol. The highest BCUT2D eigenvalue weighted by atomic mass is 35.5. The minimum absolute atomic E-state index is 0.222. The molecule has 2 aromatic rings. The summed E-state index contributed by atoms with van der Waals surface area (Å²) in [5, 5.41) is 8.37. The van der Waals surface area contributed by atoms with Gasteiger partial charge in [0.25, 0.3) is 0 Å². The quantitative estimate of drug-likeness (QED) is 0.366. The normalized spacial score (nSPS) is 20.1. The van der Waals surface area contributed by atoms with Crippen molar-refractivity contribution in [1.82, 2.24) is 19.7 Å². The predicted molar refractivity (Wildman–Crippen MR) is 146 cm³/mol. The number of pyridine rings is 1. The van der Waals surface area contributed by atoms with E-state index in [9.17, 15) is 9.35 Å². The number of piperidine rings is 1. The first-order chi connectivity index (χ1) is 17.0. The third-order valence-electron chi connectivity index (χ3n) is 6.86. The van der Waals surface area contributed by atoms with E-state index in [4.69, 9.17) is 28.3 Å². The summed E-state index contributed by atoms with van der Waals surface area (Å²) in [5.41, 5.74) is 1.63. The summed E-state index contributed by atoms with van der Waals surface area (Å²) in [6.45, 7) is 9.52. The van der Waals surface area contributed by atoms with Crippen molar-refractivity contribution in [2.75, 3.05) is 18.0 Å². The summed E-state index contributed by atoms with van der Waals surface area (Å²) in [5.74, 6) is 0.126. The van der Waals surface area contributed by atoms with Gasteiger partial charge in [-0.15, -0.1) is 4.72 Å². The van der Waals surface area contributed by atoms with Gasteiger partial charge in [-0.2, -0.15) is 0 Å². The second-order valence-corrected chi connectivity index (χ2v) is 13.0. The summed E-state index contributed by atoms with van der Waals surface area (Å²) >= 11 is 11.2. The molecule has 1 saturated heterocycles. The van der Waals surface area contributed by atoms with E-state index in [1.165, 1.54) is 12.8 Å². The highest BCUT2D eigenvalue weighted by molar-refractivity contribution is 7.90. The Kier molecular flexibility index (Phi) is 9.85. The maximum atomic E-state index is 12.7. The van der Waals surface area contributed by atoms with Crippen LogP contribution < -0.4 is 9.62 Å². The Labute approximate surface area is 226 Å². The van der Waals surface area contributed by atoms with Gasteiger partial charge >= 0.3 is 5.97 Å². The molecule has 1 spiro atoms. The van der Waals surface area contributed by atoms with Gasteiger partial charge in [0.05, 0.1) is 29.2 Å². The van der Waals surface area contributed by atoms with Crippen LogP contribution in [0.15, 0.2) is 24.7 Å². The van der Waals surface area contributed by atoms with Crippen molar-refractivity contribution in [3.63, 3.8) is 0 Å². The zero-order valence-electron chi connectivity index (χ0n) is 21.3. The Morgan fingerprint density at radius 1 is 1.22 bits per heavy atom. The lowest BCUT2D eigenvalue weighted by Gasteiger charge is -2.44. The van der Waals surface area contributed by atoms with Crippen LogP contribution in [-0.4, -0.2) is 54.5 Å². The summed E-state index contributed by atoms with van der Waals surface area (Å²) in [6, 6.07) is 2.11. The molecule has 2 N–H and O–H groups in total. The van der Waals surface area contributed by atoms with Gasteiger partial charge < -0.3 is 14.6 Å². The van der Waals surface area contributed by atoms with E-state index in [1.807, 2.05) is 20.8 Å². The Bertz CT molecular complexity index is 1030. The molecule has 0 amide bonds. The molecule has 0 radical (unpaired) electrons. The Hall–Kier alpha value is -1.65. The van der Waals surface area contributed by atoms with Gasteiger partial charge in [-0.25, -0.2) is 9.97 Å². The SMILES string of the molecule is CC(C)(C)[S@+]([O-])N[C@@H]1CCCC12CCN(c1cnc(-c3ccnc(Cl)c3Cl)cn1)CC2.CCC(=O)O. The third-order valence-corrected chi connectivity index (χ3v) is 9.24. The molecular formula is C25H35Cl2N5O3S. The number of anilines is 1. The largest absolute Gasteiger partial charge is 0.598 e. The van der Waals surface area contributed by atoms with Crippen molar-refractivity contribution >= 4 is 46.4 Å².